The number of alkyl halides is 1. The average Bonchev–Trinajstić information content (AvgIpc) is 2.95. The van der Waals surface area contributed by atoms with Crippen LogP contribution in [-0.2, 0) is 4.79 Å². The molecule has 0 aliphatic heterocycles. The van der Waals surface area contributed by atoms with Gasteiger partial charge in [-0.1, -0.05) is 89.9 Å². The Bertz CT molecular complexity index is 715. The van der Waals surface area contributed by atoms with E-state index in [1.165, 1.54) is 83.7 Å². The summed E-state index contributed by atoms with van der Waals surface area (Å²) in [6, 6.07) is 0. The van der Waals surface area contributed by atoms with E-state index in [4.69, 9.17) is 0 Å². The number of unbranched alkanes of at least 4 members (excludes halogenated alkanes) is 9. The van der Waals surface area contributed by atoms with Gasteiger partial charge in [-0.25, -0.2) is 4.39 Å². The minimum atomic E-state index is -0.396. The van der Waals surface area contributed by atoms with Gasteiger partial charge >= 0.3 is 0 Å². The summed E-state index contributed by atoms with van der Waals surface area (Å²) in [5, 5.41) is 3.07. The fraction of sp³-hybridized carbons (Fsp3) is 0.794. The zero-order chi connectivity index (χ0) is 28.6. The zero-order valence-electron chi connectivity index (χ0n) is 26.2. The molecule has 0 saturated heterocycles. The highest BCUT2D eigenvalue weighted by Gasteiger charge is 2.13. The summed E-state index contributed by atoms with van der Waals surface area (Å²) in [5.41, 5.74) is 2.96. The first-order valence-corrected chi connectivity index (χ1v) is 16.3. The summed E-state index contributed by atoms with van der Waals surface area (Å²) in [4.78, 5) is 17.4. The van der Waals surface area contributed by atoms with Gasteiger partial charge in [-0.3, -0.25) is 4.79 Å². The van der Waals surface area contributed by atoms with Gasteiger partial charge < -0.3 is 15.1 Å². The average molecular weight is 548 g/mol. The second kappa shape index (κ2) is 24.3. The van der Waals surface area contributed by atoms with Crippen molar-refractivity contribution in [3.8, 4) is 0 Å². The van der Waals surface area contributed by atoms with Crippen LogP contribution >= 0.6 is 0 Å². The Morgan fingerprint density at radius 1 is 0.897 bits per heavy atom. The third-order valence-electron chi connectivity index (χ3n) is 8.08. The van der Waals surface area contributed by atoms with E-state index < -0.39 is 6.67 Å². The minimum Gasteiger partial charge on any atom is -0.356 e. The van der Waals surface area contributed by atoms with Gasteiger partial charge in [0, 0.05) is 13.0 Å². The molecule has 0 atom stereocenters. The lowest BCUT2D eigenvalue weighted by molar-refractivity contribution is -0.121. The number of carbonyl (C=O) groups is 1. The van der Waals surface area contributed by atoms with E-state index in [0.717, 1.165) is 55.6 Å². The van der Waals surface area contributed by atoms with Gasteiger partial charge in [0.2, 0.25) is 5.91 Å². The molecule has 1 aliphatic carbocycles. The van der Waals surface area contributed by atoms with E-state index in [-0.39, 0.29) is 5.91 Å². The normalized spacial score (nSPS) is 14.2. The molecule has 5 heteroatoms. The summed E-state index contributed by atoms with van der Waals surface area (Å²) >= 11 is 0. The van der Waals surface area contributed by atoms with E-state index in [1.54, 1.807) is 0 Å². The molecule has 0 heterocycles. The second-order valence-corrected chi connectivity index (χ2v) is 11.4. The summed E-state index contributed by atoms with van der Waals surface area (Å²) in [6.07, 6.45) is 25.1. The zero-order valence-corrected chi connectivity index (χ0v) is 26.2. The number of carbonyl (C=O) groups excluding carboxylic acids is 1. The summed E-state index contributed by atoms with van der Waals surface area (Å²) < 4.78 is 13.4. The molecule has 1 aliphatic rings. The summed E-state index contributed by atoms with van der Waals surface area (Å²) in [6.45, 7) is 12.5. The van der Waals surface area contributed by atoms with E-state index in [2.05, 4.69) is 42.1 Å². The number of hydrogen-bond donors (Lipinski definition) is 1. The molecule has 1 rings (SSSR count). The Hall–Kier alpha value is -1.46. The lowest BCUT2D eigenvalue weighted by Gasteiger charge is -2.22. The number of allylic oxidation sites excluding steroid dienone is 6. The van der Waals surface area contributed by atoms with Gasteiger partial charge in [0.05, 0.1) is 0 Å². The number of halogens is 1. The molecule has 39 heavy (non-hydrogen) atoms. The molecule has 1 amide bonds. The lowest BCUT2D eigenvalue weighted by Crippen LogP contribution is -2.31. The second-order valence-electron chi connectivity index (χ2n) is 11.4. The number of nitrogens with one attached hydrogen (secondary N) is 1. The van der Waals surface area contributed by atoms with Crippen LogP contribution in [0, 0.1) is 0 Å². The number of hydrogen-bond acceptors (Lipinski definition) is 3. The molecule has 1 N–H and O–H groups in total. The fourth-order valence-corrected chi connectivity index (χ4v) is 5.46. The number of amides is 1. The Morgan fingerprint density at radius 2 is 1.54 bits per heavy atom. The van der Waals surface area contributed by atoms with Crippen LogP contribution in [0.4, 0.5) is 4.39 Å². The Labute approximate surface area is 241 Å². The Kier molecular flexibility index (Phi) is 22.2. The van der Waals surface area contributed by atoms with Crippen LogP contribution in [0.1, 0.15) is 124 Å². The predicted octanol–water partition coefficient (Wildman–Crippen LogP) is 8.40. The van der Waals surface area contributed by atoms with Crippen molar-refractivity contribution in [3.63, 3.8) is 0 Å². The van der Waals surface area contributed by atoms with Crippen LogP contribution < -0.4 is 5.32 Å². The van der Waals surface area contributed by atoms with Crippen LogP contribution in [0.5, 0.6) is 0 Å². The first kappa shape index (κ1) is 35.6. The van der Waals surface area contributed by atoms with Gasteiger partial charge in [0.15, 0.2) is 0 Å². The van der Waals surface area contributed by atoms with Crippen molar-refractivity contribution in [2.24, 2.45) is 0 Å². The van der Waals surface area contributed by atoms with Gasteiger partial charge in [0.1, 0.15) is 6.67 Å². The van der Waals surface area contributed by atoms with Gasteiger partial charge in [-0.2, -0.15) is 0 Å². The molecule has 0 radical (unpaired) electrons. The summed E-state index contributed by atoms with van der Waals surface area (Å²) in [7, 11) is 2.19. The monoisotopic (exact) mass is 547 g/mol. The van der Waals surface area contributed by atoms with Crippen molar-refractivity contribution in [1.29, 1.82) is 0 Å². The Balaban J connectivity index is 2.06. The van der Waals surface area contributed by atoms with Crippen LogP contribution in [0.25, 0.3) is 0 Å². The lowest BCUT2D eigenvalue weighted by atomic mass is 9.90. The minimum absolute atomic E-state index is 0.0877. The van der Waals surface area contributed by atoms with E-state index >= 15 is 0 Å². The highest BCUT2D eigenvalue weighted by molar-refractivity contribution is 5.76. The van der Waals surface area contributed by atoms with E-state index in [9.17, 15) is 9.18 Å². The largest absolute Gasteiger partial charge is 0.356 e. The maximum Gasteiger partial charge on any atom is 0.220 e. The topological polar surface area (TPSA) is 35.6 Å². The molecule has 0 aromatic rings. The third-order valence-corrected chi connectivity index (χ3v) is 8.08. The van der Waals surface area contributed by atoms with Crippen LogP contribution in [0.3, 0.4) is 0 Å². The molecule has 0 saturated carbocycles. The third kappa shape index (κ3) is 17.8. The van der Waals surface area contributed by atoms with Gasteiger partial charge in [-0.15, -0.1) is 0 Å². The molecule has 0 bridgehead atoms. The molecule has 0 aromatic carbocycles. The van der Waals surface area contributed by atoms with Crippen LogP contribution in [0.2, 0.25) is 0 Å². The van der Waals surface area contributed by atoms with Crippen LogP contribution in [-0.4, -0.2) is 68.7 Å². The highest BCUT2D eigenvalue weighted by Crippen LogP contribution is 2.27. The van der Waals surface area contributed by atoms with Crippen molar-refractivity contribution in [3.05, 3.63) is 34.9 Å². The van der Waals surface area contributed by atoms with Crippen molar-refractivity contribution in [2.45, 2.75) is 124 Å². The summed E-state index contributed by atoms with van der Waals surface area (Å²) in [5.74, 6) is 0.0877. The first-order chi connectivity index (χ1) is 19.0. The fourth-order valence-electron chi connectivity index (χ4n) is 5.46. The predicted molar refractivity (Wildman–Crippen MR) is 168 cm³/mol. The SMILES string of the molecule is C/C=C(/CCC(=O)NCCCN(C)CCCN(CC)CCCCCCCCCCCC)C1=C(CF)CCC=C1. The smallest absolute Gasteiger partial charge is 0.220 e. The van der Waals surface area contributed by atoms with Gasteiger partial charge in [0.25, 0.3) is 0 Å². The quantitative estimate of drug-likeness (QED) is 0.117. The molecule has 4 nitrogen and oxygen atoms in total. The van der Waals surface area contributed by atoms with E-state index in [0.29, 0.717) is 19.4 Å². The maximum absolute atomic E-state index is 13.4. The molecular weight excluding hydrogens is 485 g/mol. The molecule has 0 aromatic heterocycles. The maximum atomic E-state index is 13.4. The highest BCUT2D eigenvalue weighted by atomic mass is 19.1. The molecule has 0 unspecified atom stereocenters. The van der Waals surface area contributed by atoms with E-state index in [1.807, 2.05) is 19.1 Å². The molecule has 0 spiro atoms. The van der Waals surface area contributed by atoms with Crippen molar-refractivity contribution >= 4 is 5.91 Å². The molecular formula is C34H62FN3O. The molecule has 0 fully saturated rings. The Morgan fingerprint density at radius 3 is 2.18 bits per heavy atom. The number of nitrogens with zero attached hydrogens (tertiary/aromatic N) is 2. The van der Waals surface area contributed by atoms with Crippen molar-refractivity contribution in [1.82, 2.24) is 15.1 Å². The van der Waals surface area contributed by atoms with Gasteiger partial charge in [-0.05, 0) is 102 Å². The first-order valence-electron chi connectivity index (χ1n) is 16.3. The molecule has 226 valence electrons. The standard InChI is InChI=1S/C34H62FN3O/c1-5-8-9-10-11-12-13-14-15-18-28-38(7-3)29-20-27-37(4)26-19-25-36-34(39)24-23-31(6-2)33-22-17-16-21-32(33)30-35/h6,17,22H,5,7-16,18-21,23-30H2,1-4H3,(H,36,39)/b31-6-. The van der Waals surface area contributed by atoms with Crippen LogP contribution in [0.15, 0.2) is 34.9 Å². The van der Waals surface area contributed by atoms with Crippen molar-refractivity contribution in [2.75, 3.05) is 53.0 Å². The number of rotatable bonds is 25. The van der Waals surface area contributed by atoms with Crippen molar-refractivity contribution < 1.29 is 9.18 Å².